The van der Waals surface area contributed by atoms with Gasteiger partial charge in [0, 0.05) is 18.5 Å². The summed E-state index contributed by atoms with van der Waals surface area (Å²) in [6, 6.07) is 13.6. The summed E-state index contributed by atoms with van der Waals surface area (Å²) in [4.78, 5) is 12.2. The second kappa shape index (κ2) is 9.69. The molecule has 0 fully saturated rings. The molecular weight excluding hydrogens is 316 g/mol. The summed E-state index contributed by atoms with van der Waals surface area (Å²) in [6.45, 7) is 5.37. The molecule has 0 heterocycles. The average Bonchev–Trinajstić information content (AvgIpc) is 2.63. The van der Waals surface area contributed by atoms with Crippen molar-refractivity contribution in [1.82, 2.24) is 0 Å². The van der Waals surface area contributed by atoms with Crippen LogP contribution in [0.1, 0.15) is 18.1 Å². The molecule has 0 spiro atoms. The molecule has 0 saturated heterocycles. The Morgan fingerprint density at radius 1 is 1.08 bits per heavy atom. The number of methoxy groups -OCH3 is 1. The van der Waals surface area contributed by atoms with E-state index in [0.717, 1.165) is 34.7 Å². The second-order valence-electron chi connectivity index (χ2n) is 5.73. The van der Waals surface area contributed by atoms with E-state index in [-0.39, 0.29) is 12.5 Å². The largest absolute Gasteiger partial charge is 0.491 e. The van der Waals surface area contributed by atoms with Crippen molar-refractivity contribution < 1.29 is 14.3 Å². The molecular formula is C20H26N2O3. The van der Waals surface area contributed by atoms with Crippen LogP contribution in [0.4, 0.5) is 11.4 Å². The third-order valence-corrected chi connectivity index (χ3v) is 3.87. The van der Waals surface area contributed by atoms with Gasteiger partial charge in [0.1, 0.15) is 12.4 Å². The van der Waals surface area contributed by atoms with Crippen LogP contribution in [0.5, 0.6) is 5.75 Å². The van der Waals surface area contributed by atoms with E-state index in [1.165, 1.54) is 0 Å². The molecule has 25 heavy (non-hydrogen) atoms. The van der Waals surface area contributed by atoms with Crippen LogP contribution < -0.4 is 15.4 Å². The molecule has 2 aromatic rings. The third kappa shape index (κ3) is 5.80. The molecule has 134 valence electrons. The maximum atomic E-state index is 12.2. The van der Waals surface area contributed by atoms with Gasteiger partial charge in [0.15, 0.2) is 0 Å². The highest BCUT2D eigenvalue weighted by Crippen LogP contribution is 2.21. The van der Waals surface area contributed by atoms with Crippen LogP contribution in [0.3, 0.4) is 0 Å². The fourth-order valence-electron chi connectivity index (χ4n) is 2.48. The number of ether oxygens (including phenoxy) is 2. The minimum absolute atomic E-state index is 0.0654. The van der Waals surface area contributed by atoms with Crippen LogP contribution in [-0.2, 0) is 16.0 Å². The van der Waals surface area contributed by atoms with Crippen LogP contribution in [0.2, 0.25) is 0 Å². The zero-order valence-electron chi connectivity index (χ0n) is 15.1. The maximum Gasteiger partial charge on any atom is 0.243 e. The number of carbonyl (C=O) groups is 1. The van der Waals surface area contributed by atoms with Crippen molar-refractivity contribution in [2.24, 2.45) is 0 Å². The smallest absolute Gasteiger partial charge is 0.243 e. The molecule has 0 atom stereocenters. The van der Waals surface area contributed by atoms with Gasteiger partial charge in [-0.25, -0.2) is 0 Å². The Labute approximate surface area is 149 Å². The Balaban J connectivity index is 1.86. The topological polar surface area (TPSA) is 59.6 Å². The Morgan fingerprint density at radius 2 is 1.84 bits per heavy atom. The van der Waals surface area contributed by atoms with Crippen LogP contribution in [0.15, 0.2) is 42.5 Å². The first-order valence-corrected chi connectivity index (χ1v) is 8.48. The number of aryl methyl sites for hydroxylation is 2. The molecule has 5 heteroatoms. The normalized spacial score (nSPS) is 10.4. The van der Waals surface area contributed by atoms with Gasteiger partial charge in [0.05, 0.1) is 13.2 Å². The van der Waals surface area contributed by atoms with Gasteiger partial charge in [0.2, 0.25) is 5.91 Å². The van der Waals surface area contributed by atoms with E-state index in [0.29, 0.717) is 13.2 Å². The number of amides is 1. The average molecular weight is 342 g/mol. The molecule has 0 unspecified atom stereocenters. The second-order valence-corrected chi connectivity index (χ2v) is 5.73. The highest BCUT2D eigenvalue weighted by Gasteiger charge is 2.08. The summed E-state index contributed by atoms with van der Waals surface area (Å²) in [6.07, 6.45) is 0.884. The zero-order valence-corrected chi connectivity index (χ0v) is 15.1. The van der Waals surface area contributed by atoms with Crippen LogP contribution >= 0.6 is 0 Å². The summed E-state index contributed by atoms with van der Waals surface area (Å²) < 4.78 is 10.5. The van der Waals surface area contributed by atoms with Gasteiger partial charge >= 0.3 is 0 Å². The van der Waals surface area contributed by atoms with Crippen molar-refractivity contribution in [3.05, 3.63) is 53.6 Å². The molecule has 5 nitrogen and oxygen atoms in total. The van der Waals surface area contributed by atoms with Crippen LogP contribution in [-0.4, -0.2) is 32.8 Å². The molecule has 0 bridgehead atoms. The van der Waals surface area contributed by atoms with Crippen molar-refractivity contribution in [3.63, 3.8) is 0 Å². The standard InChI is InChI=1S/C20H26N2O3/c1-4-16-7-5-6-15(2)20(16)22-19(23)14-21-17-8-10-18(11-9-17)25-13-12-24-3/h5-11,21H,4,12-14H2,1-3H3,(H,22,23). The van der Waals surface area contributed by atoms with E-state index >= 15 is 0 Å². The quantitative estimate of drug-likeness (QED) is 0.683. The third-order valence-electron chi connectivity index (χ3n) is 3.87. The number of rotatable bonds is 9. The highest BCUT2D eigenvalue weighted by atomic mass is 16.5. The van der Waals surface area contributed by atoms with Gasteiger partial charge in [-0.3, -0.25) is 4.79 Å². The lowest BCUT2D eigenvalue weighted by Crippen LogP contribution is -2.22. The predicted molar refractivity (Wildman–Crippen MR) is 101 cm³/mol. The van der Waals surface area contributed by atoms with Gasteiger partial charge in [-0.2, -0.15) is 0 Å². The molecule has 2 aromatic carbocycles. The van der Waals surface area contributed by atoms with Crippen molar-refractivity contribution >= 4 is 17.3 Å². The molecule has 0 aliphatic carbocycles. The van der Waals surface area contributed by atoms with Gasteiger partial charge in [-0.05, 0) is 48.7 Å². The number of para-hydroxylation sites is 1. The first-order valence-electron chi connectivity index (χ1n) is 8.48. The highest BCUT2D eigenvalue weighted by molar-refractivity contribution is 5.95. The molecule has 0 aliphatic heterocycles. The molecule has 2 N–H and O–H groups in total. The Kier molecular flexibility index (Phi) is 7.29. The number of hydrogen-bond donors (Lipinski definition) is 2. The number of nitrogens with one attached hydrogen (secondary N) is 2. The summed E-state index contributed by atoms with van der Waals surface area (Å²) in [5, 5.41) is 6.13. The minimum atomic E-state index is -0.0654. The number of hydrogen-bond acceptors (Lipinski definition) is 4. The molecule has 0 aliphatic rings. The van der Waals surface area contributed by atoms with E-state index in [1.807, 2.05) is 49.4 Å². The number of carbonyl (C=O) groups excluding carboxylic acids is 1. The van der Waals surface area contributed by atoms with Gasteiger partial charge < -0.3 is 20.1 Å². The summed E-state index contributed by atoms with van der Waals surface area (Å²) >= 11 is 0. The monoisotopic (exact) mass is 342 g/mol. The Bertz CT molecular complexity index is 684. The lowest BCUT2D eigenvalue weighted by Gasteiger charge is -2.14. The van der Waals surface area contributed by atoms with Gasteiger partial charge in [-0.1, -0.05) is 25.1 Å². The van der Waals surface area contributed by atoms with Crippen molar-refractivity contribution in [2.75, 3.05) is 37.5 Å². The zero-order chi connectivity index (χ0) is 18.1. The SMILES string of the molecule is CCc1cccc(C)c1NC(=O)CNc1ccc(OCCOC)cc1. The summed E-state index contributed by atoms with van der Waals surface area (Å²) in [5.41, 5.74) is 4.00. The predicted octanol–water partition coefficient (Wildman–Crippen LogP) is 3.63. The van der Waals surface area contributed by atoms with Gasteiger partial charge in [0.25, 0.3) is 0 Å². The minimum Gasteiger partial charge on any atom is -0.491 e. The number of benzene rings is 2. The fraction of sp³-hybridized carbons (Fsp3) is 0.350. The molecule has 2 rings (SSSR count). The van der Waals surface area contributed by atoms with E-state index in [4.69, 9.17) is 9.47 Å². The van der Waals surface area contributed by atoms with Crippen molar-refractivity contribution in [3.8, 4) is 5.75 Å². The molecule has 0 aromatic heterocycles. The maximum absolute atomic E-state index is 12.2. The molecule has 1 amide bonds. The van der Waals surface area contributed by atoms with E-state index in [2.05, 4.69) is 17.6 Å². The van der Waals surface area contributed by atoms with E-state index in [1.54, 1.807) is 7.11 Å². The first-order chi connectivity index (χ1) is 12.1. The fourth-order valence-corrected chi connectivity index (χ4v) is 2.48. The Hall–Kier alpha value is -2.53. The van der Waals surface area contributed by atoms with E-state index in [9.17, 15) is 4.79 Å². The first kappa shape index (κ1) is 18.8. The summed E-state index contributed by atoms with van der Waals surface area (Å²) in [5.74, 6) is 0.712. The van der Waals surface area contributed by atoms with Crippen molar-refractivity contribution in [2.45, 2.75) is 20.3 Å². The van der Waals surface area contributed by atoms with E-state index < -0.39 is 0 Å². The van der Waals surface area contributed by atoms with Crippen molar-refractivity contribution in [1.29, 1.82) is 0 Å². The Morgan fingerprint density at radius 3 is 2.52 bits per heavy atom. The van der Waals surface area contributed by atoms with Gasteiger partial charge in [-0.15, -0.1) is 0 Å². The van der Waals surface area contributed by atoms with Crippen LogP contribution in [0, 0.1) is 6.92 Å². The van der Waals surface area contributed by atoms with Crippen LogP contribution in [0.25, 0.3) is 0 Å². The molecule has 0 radical (unpaired) electrons. The lowest BCUT2D eigenvalue weighted by atomic mass is 10.1. The molecule has 0 saturated carbocycles. The lowest BCUT2D eigenvalue weighted by molar-refractivity contribution is -0.114. The summed E-state index contributed by atoms with van der Waals surface area (Å²) in [7, 11) is 1.64. The number of anilines is 2.